The van der Waals surface area contributed by atoms with Gasteiger partial charge < -0.3 is 25.3 Å². The number of aliphatic hydroxyl groups excluding tert-OH is 2. The molecular weight excluding hydrogens is 360 g/mol. The minimum Gasteiger partial charge on any atom is -0.445 e. The molecule has 0 saturated heterocycles. The Bertz CT molecular complexity index is 987. The van der Waals surface area contributed by atoms with Crippen molar-refractivity contribution in [2.75, 3.05) is 6.54 Å². The summed E-state index contributed by atoms with van der Waals surface area (Å²) in [5.74, 6) is 0. The maximum atomic E-state index is 11.9. The molecule has 7 nitrogen and oxygen atoms in total. The predicted molar refractivity (Wildman–Crippen MR) is 105 cm³/mol. The minimum atomic E-state index is -1.17. The van der Waals surface area contributed by atoms with Crippen LogP contribution < -0.4 is 10.7 Å². The van der Waals surface area contributed by atoms with Crippen LogP contribution >= 0.6 is 0 Å². The standard InChI is InChI=1S/C21H22N2O5/c24-18-8-10-22-17-7-6-15(12-16(17)18)20(26)19(25)9-11-23-21(27)28-13-14-4-2-1-3-5-14/h1-8,10,12,19-20,25-26H,9,11,13H2,(H,22,24)(H,23,27). The summed E-state index contributed by atoms with van der Waals surface area (Å²) in [6.07, 6.45) is -1.19. The monoisotopic (exact) mass is 382 g/mol. The Morgan fingerprint density at radius 2 is 1.89 bits per heavy atom. The van der Waals surface area contributed by atoms with Gasteiger partial charge in [0.15, 0.2) is 5.43 Å². The van der Waals surface area contributed by atoms with Gasteiger partial charge in [-0.15, -0.1) is 0 Å². The van der Waals surface area contributed by atoms with Crippen molar-refractivity contribution in [2.24, 2.45) is 0 Å². The summed E-state index contributed by atoms with van der Waals surface area (Å²) in [5.41, 5.74) is 1.80. The number of fused-ring (bicyclic) bond motifs is 1. The highest BCUT2D eigenvalue weighted by Crippen LogP contribution is 2.21. The fraction of sp³-hybridized carbons (Fsp3) is 0.238. The lowest BCUT2D eigenvalue weighted by Gasteiger charge is -2.18. The second-order valence-corrected chi connectivity index (χ2v) is 6.44. The number of carbonyl (C=O) groups excluding carboxylic acids is 1. The number of benzene rings is 2. The number of H-pyrrole nitrogens is 1. The Morgan fingerprint density at radius 1 is 1.11 bits per heavy atom. The number of ether oxygens (including phenoxy) is 1. The third-order valence-electron chi connectivity index (χ3n) is 4.41. The van der Waals surface area contributed by atoms with Gasteiger partial charge in [0.1, 0.15) is 12.7 Å². The lowest BCUT2D eigenvalue weighted by Crippen LogP contribution is -2.29. The highest BCUT2D eigenvalue weighted by Gasteiger charge is 2.19. The first-order valence-corrected chi connectivity index (χ1v) is 8.96. The second-order valence-electron chi connectivity index (χ2n) is 6.44. The van der Waals surface area contributed by atoms with Crippen LogP contribution in [-0.2, 0) is 11.3 Å². The zero-order valence-electron chi connectivity index (χ0n) is 15.2. The summed E-state index contributed by atoms with van der Waals surface area (Å²) in [5, 5.41) is 23.5. The van der Waals surface area contributed by atoms with Gasteiger partial charge in [-0.1, -0.05) is 36.4 Å². The minimum absolute atomic E-state index is 0.130. The van der Waals surface area contributed by atoms with E-state index in [0.29, 0.717) is 16.5 Å². The van der Waals surface area contributed by atoms with Crippen molar-refractivity contribution in [3.05, 3.63) is 82.1 Å². The quantitative estimate of drug-likeness (QED) is 0.501. The molecule has 1 aromatic heterocycles. The van der Waals surface area contributed by atoms with E-state index >= 15 is 0 Å². The molecule has 2 aromatic carbocycles. The third-order valence-corrected chi connectivity index (χ3v) is 4.41. The van der Waals surface area contributed by atoms with Gasteiger partial charge in [-0.25, -0.2) is 4.79 Å². The van der Waals surface area contributed by atoms with Crippen molar-refractivity contribution in [3.8, 4) is 0 Å². The number of hydrogen-bond acceptors (Lipinski definition) is 5. The topological polar surface area (TPSA) is 112 Å². The molecular formula is C21H22N2O5. The van der Waals surface area contributed by atoms with Gasteiger partial charge >= 0.3 is 6.09 Å². The van der Waals surface area contributed by atoms with Crippen LogP contribution in [0.4, 0.5) is 4.79 Å². The molecule has 0 fully saturated rings. The SMILES string of the molecule is O=C(NCCC(O)C(O)c1ccc2[nH]ccc(=O)c2c1)OCc1ccccc1. The molecule has 0 bridgehead atoms. The highest BCUT2D eigenvalue weighted by molar-refractivity contribution is 5.78. The number of aromatic amines is 1. The van der Waals surface area contributed by atoms with Crippen LogP contribution in [0.5, 0.6) is 0 Å². The molecule has 3 rings (SSSR count). The second kappa shape index (κ2) is 9.16. The van der Waals surface area contributed by atoms with Crippen molar-refractivity contribution in [2.45, 2.75) is 25.2 Å². The molecule has 1 heterocycles. The zero-order valence-corrected chi connectivity index (χ0v) is 15.2. The number of pyridine rings is 1. The van der Waals surface area contributed by atoms with E-state index in [1.165, 1.54) is 6.07 Å². The number of hydrogen-bond donors (Lipinski definition) is 4. The van der Waals surface area contributed by atoms with Gasteiger partial charge in [-0.3, -0.25) is 4.79 Å². The summed E-state index contributed by atoms with van der Waals surface area (Å²) >= 11 is 0. The molecule has 1 amide bonds. The maximum absolute atomic E-state index is 11.9. The lowest BCUT2D eigenvalue weighted by atomic mass is 10.00. The summed E-state index contributed by atoms with van der Waals surface area (Å²) in [4.78, 5) is 26.6. The first kappa shape index (κ1) is 19.6. The first-order valence-electron chi connectivity index (χ1n) is 8.96. The molecule has 0 aliphatic carbocycles. The summed E-state index contributed by atoms with van der Waals surface area (Å²) in [7, 11) is 0. The van der Waals surface area contributed by atoms with Gasteiger partial charge in [-0.2, -0.15) is 0 Å². The first-order chi connectivity index (χ1) is 13.5. The number of aromatic nitrogens is 1. The van der Waals surface area contributed by atoms with E-state index in [2.05, 4.69) is 10.3 Å². The van der Waals surface area contributed by atoms with E-state index in [1.54, 1.807) is 24.4 Å². The van der Waals surface area contributed by atoms with Gasteiger partial charge in [0.2, 0.25) is 0 Å². The van der Waals surface area contributed by atoms with Crippen LogP contribution in [0, 0.1) is 0 Å². The molecule has 146 valence electrons. The Hall–Kier alpha value is -3.16. The largest absolute Gasteiger partial charge is 0.445 e. The van der Waals surface area contributed by atoms with E-state index in [-0.39, 0.29) is 25.0 Å². The summed E-state index contributed by atoms with van der Waals surface area (Å²) < 4.78 is 5.08. The fourth-order valence-electron chi connectivity index (χ4n) is 2.85. The number of carbonyl (C=O) groups is 1. The Balaban J connectivity index is 1.49. The normalized spacial score (nSPS) is 13.1. The molecule has 0 saturated carbocycles. The fourth-order valence-corrected chi connectivity index (χ4v) is 2.85. The van der Waals surface area contributed by atoms with Gasteiger partial charge in [0.25, 0.3) is 0 Å². The van der Waals surface area contributed by atoms with Gasteiger partial charge in [0.05, 0.1) is 6.10 Å². The summed E-state index contributed by atoms with van der Waals surface area (Å²) in [6.45, 7) is 0.295. The van der Waals surface area contributed by atoms with Crippen LogP contribution in [0.3, 0.4) is 0 Å². The zero-order chi connectivity index (χ0) is 19.9. The van der Waals surface area contributed by atoms with Crippen molar-refractivity contribution in [1.29, 1.82) is 0 Å². The number of nitrogens with one attached hydrogen (secondary N) is 2. The van der Waals surface area contributed by atoms with Crippen molar-refractivity contribution < 1.29 is 19.7 Å². The molecule has 3 aromatic rings. The Labute approximate surface area is 161 Å². The Kier molecular flexibility index (Phi) is 6.41. The molecule has 0 spiro atoms. The lowest BCUT2D eigenvalue weighted by molar-refractivity contribution is 0.0137. The predicted octanol–water partition coefficient (Wildman–Crippen LogP) is 2.24. The van der Waals surface area contributed by atoms with Crippen LogP contribution in [0.15, 0.2) is 65.6 Å². The van der Waals surface area contributed by atoms with Gasteiger partial charge in [-0.05, 0) is 29.7 Å². The van der Waals surface area contributed by atoms with Crippen LogP contribution in [0.25, 0.3) is 10.9 Å². The maximum Gasteiger partial charge on any atom is 0.407 e. The smallest absolute Gasteiger partial charge is 0.407 e. The van der Waals surface area contributed by atoms with E-state index in [1.807, 2.05) is 30.3 Å². The van der Waals surface area contributed by atoms with Crippen molar-refractivity contribution in [3.63, 3.8) is 0 Å². The van der Waals surface area contributed by atoms with Crippen LogP contribution in [0.1, 0.15) is 23.7 Å². The molecule has 0 radical (unpaired) electrons. The van der Waals surface area contributed by atoms with Crippen LogP contribution in [-0.4, -0.2) is 33.9 Å². The van der Waals surface area contributed by atoms with E-state index in [0.717, 1.165) is 5.56 Å². The average Bonchev–Trinajstić information content (AvgIpc) is 2.72. The average molecular weight is 382 g/mol. The summed E-state index contributed by atoms with van der Waals surface area (Å²) in [6, 6.07) is 15.6. The van der Waals surface area contributed by atoms with Crippen LogP contribution in [0.2, 0.25) is 0 Å². The van der Waals surface area contributed by atoms with Crippen molar-refractivity contribution in [1.82, 2.24) is 10.3 Å². The molecule has 7 heteroatoms. The molecule has 0 aliphatic rings. The number of amides is 1. The number of alkyl carbamates (subject to hydrolysis) is 1. The van der Waals surface area contributed by atoms with E-state index < -0.39 is 18.3 Å². The number of rotatable bonds is 7. The van der Waals surface area contributed by atoms with E-state index in [9.17, 15) is 19.8 Å². The van der Waals surface area contributed by atoms with Gasteiger partial charge in [0, 0.05) is 29.7 Å². The third kappa shape index (κ3) is 4.97. The highest BCUT2D eigenvalue weighted by atomic mass is 16.5. The molecule has 0 aliphatic heterocycles. The molecule has 4 N–H and O–H groups in total. The Morgan fingerprint density at radius 3 is 2.68 bits per heavy atom. The van der Waals surface area contributed by atoms with E-state index in [4.69, 9.17) is 4.74 Å². The molecule has 28 heavy (non-hydrogen) atoms. The molecule has 2 unspecified atom stereocenters. The number of aliphatic hydroxyl groups is 2. The van der Waals surface area contributed by atoms with Crippen molar-refractivity contribution >= 4 is 17.0 Å². The molecule has 2 atom stereocenters.